The van der Waals surface area contributed by atoms with Crippen LogP contribution in [0, 0.1) is 5.92 Å². The molecule has 2 unspecified atom stereocenters. The van der Waals surface area contributed by atoms with Crippen LogP contribution < -0.4 is 11.1 Å². The number of carbonyl (C=O) groups excluding carboxylic acids is 1. The number of hydrogen-bond acceptors (Lipinski definition) is 4. The van der Waals surface area contributed by atoms with Gasteiger partial charge in [-0.25, -0.2) is 12.7 Å². The summed E-state index contributed by atoms with van der Waals surface area (Å²) in [5, 5.41) is 2.51. The molecule has 0 saturated carbocycles. The zero-order valence-electron chi connectivity index (χ0n) is 12.8. The van der Waals surface area contributed by atoms with Crippen molar-refractivity contribution in [3.05, 3.63) is 29.8 Å². The smallest absolute Gasteiger partial charge is 0.242 e. The predicted molar refractivity (Wildman–Crippen MR) is 82.1 cm³/mol. The molecule has 0 aliphatic carbocycles. The lowest BCUT2D eigenvalue weighted by molar-refractivity contribution is -0.124. The molecule has 7 heteroatoms. The Morgan fingerprint density at radius 2 is 1.81 bits per heavy atom. The van der Waals surface area contributed by atoms with Crippen molar-refractivity contribution < 1.29 is 13.2 Å². The highest BCUT2D eigenvalue weighted by atomic mass is 32.2. The molecule has 0 heterocycles. The van der Waals surface area contributed by atoms with Crippen molar-refractivity contribution >= 4 is 15.9 Å². The van der Waals surface area contributed by atoms with E-state index in [1.165, 1.54) is 30.5 Å². The lowest BCUT2D eigenvalue weighted by atomic mass is 10.1. The van der Waals surface area contributed by atoms with Gasteiger partial charge >= 0.3 is 0 Å². The van der Waals surface area contributed by atoms with Crippen LogP contribution in [-0.2, 0) is 14.8 Å². The molecule has 3 N–H and O–H groups in total. The van der Waals surface area contributed by atoms with Crippen molar-refractivity contribution in [1.82, 2.24) is 9.62 Å². The summed E-state index contributed by atoms with van der Waals surface area (Å²) < 4.78 is 26.0. The van der Waals surface area contributed by atoms with Gasteiger partial charge in [0.2, 0.25) is 15.9 Å². The van der Waals surface area contributed by atoms with Crippen LogP contribution >= 0.6 is 0 Å². The van der Waals surface area contributed by atoms with Crippen LogP contribution in [0.25, 0.3) is 0 Å². The summed E-state index contributed by atoms with van der Waals surface area (Å²) in [6.45, 7) is 3.64. The number of hydrogen-bond donors (Lipinski definition) is 2. The van der Waals surface area contributed by atoms with Gasteiger partial charge < -0.3 is 11.1 Å². The van der Waals surface area contributed by atoms with Crippen LogP contribution in [0.4, 0.5) is 0 Å². The molecule has 0 aromatic heterocycles. The van der Waals surface area contributed by atoms with E-state index in [0.717, 1.165) is 5.56 Å². The Kier molecular flexibility index (Phi) is 5.88. The first kappa shape index (κ1) is 17.6. The summed E-state index contributed by atoms with van der Waals surface area (Å²) in [5.41, 5.74) is 6.61. The Hall–Kier alpha value is -1.44. The number of sulfonamides is 1. The van der Waals surface area contributed by atoms with Crippen LogP contribution in [0.1, 0.15) is 25.5 Å². The summed E-state index contributed by atoms with van der Waals surface area (Å²) in [7, 11) is -0.611. The first-order valence-electron chi connectivity index (χ1n) is 6.73. The molecule has 1 rings (SSSR count). The van der Waals surface area contributed by atoms with Crippen LogP contribution in [0.5, 0.6) is 0 Å². The third-order valence-corrected chi connectivity index (χ3v) is 5.18. The fraction of sp³-hybridized carbons (Fsp3) is 0.500. The number of carbonyl (C=O) groups is 1. The maximum Gasteiger partial charge on any atom is 0.242 e. The lowest BCUT2D eigenvalue weighted by Crippen LogP contribution is -2.37. The van der Waals surface area contributed by atoms with Gasteiger partial charge in [0.25, 0.3) is 0 Å². The standard InChI is InChI=1S/C14H23N3O3S/c1-10(14(18)16-3)9-17(4)21(19,20)13-7-5-12(6-8-13)11(2)15/h5-8,10-11H,9,15H2,1-4H3,(H,16,18). The Bertz CT molecular complexity index is 582. The summed E-state index contributed by atoms with van der Waals surface area (Å²) in [6.07, 6.45) is 0. The molecular formula is C14H23N3O3S. The van der Waals surface area contributed by atoms with Gasteiger partial charge in [0.15, 0.2) is 0 Å². The first-order chi connectivity index (χ1) is 9.70. The minimum atomic E-state index is -3.61. The number of nitrogens with zero attached hydrogens (tertiary/aromatic N) is 1. The van der Waals surface area contributed by atoms with Crippen LogP contribution in [-0.4, -0.2) is 39.3 Å². The molecule has 6 nitrogen and oxygen atoms in total. The Labute approximate surface area is 126 Å². The molecule has 0 aliphatic rings. The molecule has 0 saturated heterocycles. The van der Waals surface area contributed by atoms with E-state index in [-0.39, 0.29) is 23.4 Å². The molecule has 0 radical (unpaired) electrons. The van der Waals surface area contributed by atoms with E-state index in [0.29, 0.717) is 0 Å². The second-order valence-corrected chi connectivity index (χ2v) is 7.20. The first-order valence-corrected chi connectivity index (χ1v) is 8.17. The largest absolute Gasteiger partial charge is 0.359 e. The molecule has 0 spiro atoms. The zero-order chi connectivity index (χ0) is 16.2. The van der Waals surface area contributed by atoms with E-state index in [2.05, 4.69) is 5.32 Å². The van der Waals surface area contributed by atoms with Crippen molar-refractivity contribution in [2.45, 2.75) is 24.8 Å². The number of nitrogens with two attached hydrogens (primary N) is 1. The zero-order valence-corrected chi connectivity index (χ0v) is 13.6. The Balaban J connectivity index is 2.91. The van der Waals surface area contributed by atoms with Crippen LogP contribution in [0.3, 0.4) is 0 Å². The van der Waals surface area contributed by atoms with E-state index in [1.54, 1.807) is 19.1 Å². The number of rotatable bonds is 6. The summed E-state index contributed by atoms with van der Waals surface area (Å²) in [4.78, 5) is 11.7. The van der Waals surface area contributed by atoms with Crippen molar-refractivity contribution in [3.63, 3.8) is 0 Å². The SMILES string of the molecule is CNC(=O)C(C)CN(C)S(=O)(=O)c1ccc(C(C)N)cc1. The van der Waals surface area contributed by atoms with E-state index < -0.39 is 15.9 Å². The van der Waals surface area contributed by atoms with E-state index in [4.69, 9.17) is 5.73 Å². The number of nitrogens with one attached hydrogen (secondary N) is 1. The molecule has 1 amide bonds. The van der Waals surface area contributed by atoms with Gasteiger partial charge in [0, 0.05) is 32.6 Å². The third kappa shape index (κ3) is 4.26. The molecule has 1 aromatic rings. The molecule has 1 aromatic carbocycles. The van der Waals surface area contributed by atoms with Gasteiger partial charge in [-0.05, 0) is 24.6 Å². The lowest BCUT2D eigenvalue weighted by Gasteiger charge is -2.20. The van der Waals surface area contributed by atoms with Gasteiger partial charge in [-0.3, -0.25) is 4.79 Å². The van der Waals surface area contributed by atoms with Crippen LogP contribution in [0.15, 0.2) is 29.2 Å². The average molecular weight is 313 g/mol. The van der Waals surface area contributed by atoms with E-state index in [9.17, 15) is 13.2 Å². The van der Waals surface area contributed by atoms with Gasteiger partial charge in [0.05, 0.1) is 4.90 Å². The average Bonchev–Trinajstić information content (AvgIpc) is 2.46. The molecule has 0 aliphatic heterocycles. The van der Waals surface area contributed by atoms with Gasteiger partial charge in [0.1, 0.15) is 0 Å². The predicted octanol–water partition coefficient (Wildman–Crippen LogP) is 0.709. The summed E-state index contributed by atoms with van der Waals surface area (Å²) in [5.74, 6) is -0.609. The summed E-state index contributed by atoms with van der Waals surface area (Å²) in [6, 6.07) is 6.33. The molecule has 118 valence electrons. The number of benzene rings is 1. The fourth-order valence-electron chi connectivity index (χ4n) is 1.94. The fourth-order valence-corrected chi connectivity index (χ4v) is 3.20. The maximum absolute atomic E-state index is 12.4. The molecule has 2 atom stereocenters. The van der Waals surface area contributed by atoms with Crippen LogP contribution in [0.2, 0.25) is 0 Å². The Morgan fingerprint density at radius 1 is 1.29 bits per heavy atom. The second kappa shape index (κ2) is 7.02. The van der Waals surface area contributed by atoms with Gasteiger partial charge in [-0.2, -0.15) is 0 Å². The highest BCUT2D eigenvalue weighted by Gasteiger charge is 2.24. The quantitative estimate of drug-likeness (QED) is 0.809. The maximum atomic E-state index is 12.4. The minimum absolute atomic E-state index is 0.122. The van der Waals surface area contributed by atoms with Gasteiger partial charge in [-0.1, -0.05) is 19.1 Å². The number of amides is 1. The topological polar surface area (TPSA) is 92.5 Å². The third-order valence-electron chi connectivity index (χ3n) is 3.34. The molecule has 21 heavy (non-hydrogen) atoms. The highest BCUT2D eigenvalue weighted by Crippen LogP contribution is 2.18. The van der Waals surface area contributed by atoms with Crippen molar-refractivity contribution in [2.75, 3.05) is 20.6 Å². The molecular weight excluding hydrogens is 290 g/mol. The molecule has 0 fully saturated rings. The van der Waals surface area contributed by atoms with Crippen molar-refractivity contribution in [2.24, 2.45) is 11.7 Å². The molecule has 0 bridgehead atoms. The monoisotopic (exact) mass is 313 g/mol. The minimum Gasteiger partial charge on any atom is -0.359 e. The normalized spacial score (nSPS) is 14.8. The van der Waals surface area contributed by atoms with E-state index >= 15 is 0 Å². The Morgan fingerprint density at radius 3 is 2.24 bits per heavy atom. The van der Waals surface area contributed by atoms with Crippen molar-refractivity contribution in [1.29, 1.82) is 0 Å². The second-order valence-electron chi connectivity index (χ2n) is 5.16. The van der Waals surface area contributed by atoms with Gasteiger partial charge in [-0.15, -0.1) is 0 Å². The summed E-state index contributed by atoms with van der Waals surface area (Å²) >= 11 is 0. The highest BCUT2D eigenvalue weighted by molar-refractivity contribution is 7.89. The van der Waals surface area contributed by atoms with Crippen molar-refractivity contribution in [3.8, 4) is 0 Å². The van der Waals surface area contributed by atoms with E-state index in [1.807, 2.05) is 6.92 Å².